The van der Waals surface area contributed by atoms with E-state index >= 15 is 0 Å². The summed E-state index contributed by atoms with van der Waals surface area (Å²) >= 11 is 0. The second-order valence-electron chi connectivity index (χ2n) is 5.57. The van der Waals surface area contributed by atoms with Crippen molar-refractivity contribution in [1.82, 2.24) is 0 Å². The summed E-state index contributed by atoms with van der Waals surface area (Å²) < 4.78 is 76.8. The fourth-order valence-electron chi connectivity index (χ4n) is 2.13. The number of benzene rings is 2. The molecular weight excluding hydrogens is 378 g/mol. The van der Waals surface area contributed by atoms with Gasteiger partial charge >= 0.3 is 24.2 Å². The molecule has 2 rings (SSSR count). The summed E-state index contributed by atoms with van der Waals surface area (Å²) in [6.45, 7) is 1.72. The van der Waals surface area contributed by atoms with Crippen molar-refractivity contribution in [2.75, 3.05) is 10.6 Å². The number of carbonyl (C=O) groups is 2. The molecule has 4 nitrogen and oxygen atoms in total. The molecule has 10 heteroatoms. The van der Waals surface area contributed by atoms with Crippen LogP contribution in [0.15, 0.2) is 42.5 Å². The summed E-state index contributed by atoms with van der Waals surface area (Å²) in [5.41, 5.74) is -3.00. The number of halogens is 6. The normalized spacial score (nSPS) is 11.8. The topological polar surface area (TPSA) is 58.2 Å². The molecule has 144 valence electrons. The van der Waals surface area contributed by atoms with Crippen molar-refractivity contribution in [3.8, 4) is 0 Å². The van der Waals surface area contributed by atoms with Crippen molar-refractivity contribution in [3.63, 3.8) is 0 Å². The number of aryl methyl sites for hydroxylation is 1. The first-order valence-electron chi connectivity index (χ1n) is 7.35. The predicted octanol–water partition coefficient (Wildman–Crippen LogP) is 4.61. The van der Waals surface area contributed by atoms with Gasteiger partial charge in [-0.25, -0.2) is 0 Å². The van der Waals surface area contributed by atoms with Gasteiger partial charge in [-0.2, -0.15) is 26.3 Å². The lowest BCUT2D eigenvalue weighted by Crippen LogP contribution is -2.29. The van der Waals surface area contributed by atoms with Crippen LogP contribution in [0, 0.1) is 6.92 Å². The van der Waals surface area contributed by atoms with Gasteiger partial charge in [-0.15, -0.1) is 0 Å². The zero-order valence-electron chi connectivity index (χ0n) is 13.6. The second-order valence-corrected chi connectivity index (χ2v) is 5.57. The number of hydrogen-bond acceptors (Lipinski definition) is 2. The summed E-state index contributed by atoms with van der Waals surface area (Å²) in [5.74, 6) is -2.66. The lowest BCUT2D eigenvalue weighted by atomic mass is 10.1. The maximum Gasteiger partial charge on any atom is 0.416 e. The maximum atomic E-state index is 12.8. The van der Waals surface area contributed by atoms with E-state index in [1.807, 2.05) is 0 Å². The highest BCUT2D eigenvalue weighted by atomic mass is 19.4. The molecule has 0 fully saturated rings. The molecule has 0 spiro atoms. The molecule has 0 radical (unpaired) electrons. The molecule has 2 aromatic carbocycles. The molecule has 0 aromatic heterocycles. The van der Waals surface area contributed by atoms with Crippen LogP contribution in [0.1, 0.15) is 16.7 Å². The van der Waals surface area contributed by atoms with E-state index in [1.54, 1.807) is 24.4 Å². The van der Waals surface area contributed by atoms with Gasteiger partial charge in [-0.05, 0) is 42.8 Å². The van der Waals surface area contributed by atoms with Crippen molar-refractivity contribution < 1.29 is 35.9 Å². The zero-order valence-corrected chi connectivity index (χ0v) is 13.6. The zero-order chi connectivity index (χ0) is 20.4. The molecule has 0 aliphatic rings. The van der Waals surface area contributed by atoms with Crippen LogP contribution in [-0.2, 0) is 21.9 Å². The molecule has 0 aliphatic heterocycles. The van der Waals surface area contributed by atoms with Gasteiger partial charge in [0.2, 0.25) is 0 Å². The molecule has 0 unspecified atom stereocenters. The van der Waals surface area contributed by atoms with Crippen LogP contribution < -0.4 is 10.6 Å². The molecule has 0 atom stereocenters. The van der Waals surface area contributed by atoms with Crippen LogP contribution in [0.4, 0.5) is 37.7 Å². The number of rotatable bonds is 2. The van der Waals surface area contributed by atoms with Crippen LogP contribution in [0.3, 0.4) is 0 Å². The Kier molecular flexibility index (Phi) is 5.48. The Morgan fingerprint density at radius 1 is 0.741 bits per heavy atom. The van der Waals surface area contributed by atoms with E-state index in [4.69, 9.17) is 0 Å². The highest BCUT2D eigenvalue weighted by molar-refractivity contribution is 6.43. The van der Waals surface area contributed by atoms with Gasteiger partial charge < -0.3 is 10.6 Å². The van der Waals surface area contributed by atoms with Crippen LogP contribution in [0.5, 0.6) is 0 Å². The van der Waals surface area contributed by atoms with Crippen molar-refractivity contribution in [2.24, 2.45) is 0 Å². The smallest absolute Gasteiger partial charge is 0.318 e. The monoisotopic (exact) mass is 390 g/mol. The van der Waals surface area contributed by atoms with E-state index in [0.717, 1.165) is 5.56 Å². The quantitative estimate of drug-likeness (QED) is 0.581. The Labute approximate surface area is 149 Å². The number of nitrogens with one attached hydrogen (secondary N) is 2. The van der Waals surface area contributed by atoms with Crippen molar-refractivity contribution >= 4 is 23.2 Å². The second kappa shape index (κ2) is 7.29. The van der Waals surface area contributed by atoms with Gasteiger partial charge in [0.25, 0.3) is 0 Å². The van der Waals surface area contributed by atoms with E-state index in [0.29, 0.717) is 12.1 Å². The van der Waals surface area contributed by atoms with Crippen molar-refractivity contribution in [3.05, 3.63) is 59.2 Å². The molecule has 2 amide bonds. The van der Waals surface area contributed by atoms with E-state index in [2.05, 4.69) is 5.32 Å². The fourth-order valence-corrected chi connectivity index (χ4v) is 2.13. The maximum absolute atomic E-state index is 12.8. The molecule has 0 heterocycles. The van der Waals surface area contributed by atoms with Gasteiger partial charge in [0, 0.05) is 11.4 Å². The number of carbonyl (C=O) groups excluding carboxylic acids is 2. The van der Waals surface area contributed by atoms with Crippen LogP contribution >= 0.6 is 0 Å². The third kappa shape index (κ3) is 5.47. The van der Waals surface area contributed by atoms with Crippen molar-refractivity contribution in [1.29, 1.82) is 0 Å². The van der Waals surface area contributed by atoms with Crippen molar-refractivity contribution in [2.45, 2.75) is 19.3 Å². The average molecular weight is 390 g/mol. The van der Waals surface area contributed by atoms with Gasteiger partial charge in [-0.3, -0.25) is 9.59 Å². The Bertz CT molecular complexity index is 842. The number of alkyl halides is 6. The molecule has 0 saturated carbocycles. The third-order valence-corrected chi connectivity index (χ3v) is 3.33. The molecule has 27 heavy (non-hydrogen) atoms. The van der Waals surface area contributed by atoms with Gasteiger partial charge in [0.05, 0.1) is 11.1 Å². The van der Waals surface area contributed by atoms with Gasteiger partial charge in [0.1, 0.15) is 0 Å². The van der Waals surface area contributed by atoms with Crippen LogP contribution in [0.25, 0.3) is 0 Å². The fraction of sp³-hybridized carbons (Fsp3) is 0.176. The summed E-state index contributed by atoms with van der Waals surface area (Å²) in [4.78, 5) is 23.7. The molecule has 0 bridgehead atoms. The molecule has 2 aromatic rings. The Morgan fingerprint density at radius 2 is 1.22 bits per heavy atom. The van der Waals surface area contributed by atoms with Gasteiger partial charge in [-0.1, -0.05) is 12.1 Å². The predicted molar refractivity (Wildman–Crippen MR) is 84.9 cm³/mol. The summed E-state index contributed by atoms with van der Waals surface area (Å²) in [6, 6.07) is 6.84. The summed E-state index contributed by atoms with van der Waals surface area (Å²) in [5, 5.41) is 3.95. The number of amides is 2. The van der Waals surface area contributed by atoms with E-state index in [-0.39, 0.29) is 11.8 Å². The third-order valence-electron chi connectivity index (χ3n) is 3.33. The minimum Gasteiger partial charge on any atom is -0.318 e. The minimum atomic E-state index is -5.06. The molecule has 0 saturated heterocycles. The minimum absolute atomic E-state index is 0.0809. The van der Waals surface area contributed by atoms with Gasteiger partial charge in [0.15, 0.2) is 0 Å². The van der Waals surface area contributed by atoms with Crippen LogP contribution in [-0.4, -0.2) is 11.8 Å². The first-order chi connectivity index (χ1) is 12.4. The van der Waals surface area contributed by atoms with E-state index < -0.39 is 41.0 Å². The lowest BCUT2D eigenvalue weighted by Gasteiger charge is -2.14. The Balaban J connectivity index is 2.24. The highest BCUT2D eigenvalue weighted by Gasteiger charge is 2.37. The number of anilines is 2. The first-order valence-corrected chi connectivity index (χ1v) is 7.35. The molecule has 2 N–H and O–H groups in total. The standard InChI is InChI=1S/C17H12F6N2O2/c1-9-3-2-4-12(5-9)24-14(26)15(27)25-13-7-10(16(18,19)20)6-11(8-13)17(21,22)23/h2-8H,1H3,(H,24,26)(H,25,27). The molecular formula is C17H12F6N2O2. The largest absolute Gasteiger partial charge is 0.416 e. The highest BCUT2D eigenvalue weighted by Crippen LogP contribution is 2.37. The summed E-state index contributed by atoms with van der Waals surface area (Å²) in [7, 11) is 0. The Hall–Kier alpha value is -3.04. The average Bonchev–Trinajstić information content (AvgIpc) is 2.52. The van der Waals surface area contributed by atoms with E-state index in [1.165, 1.54) is 12.1 Å². The molecule has 0 aliphatic carbocycles. The van der Waals surface area contributed by atoms with Crippen LogP contribution in [0.2, 0.25) is 0 Å². The number of hydrogen-bond donors (Lipinski definition) is 2. The lowest BCUT2D eigenvalue weighted by molar-refractivity contribution is -0.143. The summed E-state index contributed by atoms with van der Waals surface area (Å²) in [6.07, 6.45) is -10.1. The van der Waals surface area contributed by atoms with E-state index in [9.17, 15) is 35.9 Å². The first kappa shape index (κ1) is 20.3. The SMILES string of the molecule is Cc1cccc(NC(=O)C(=O)Nc2cc(C(F)(F)F)cc(C(F)(F)F)c2)c1. The Morgan fingerprint density at radius 3 is 1.67 bits per heavy atom.